The molecular weight excluding hydrogens is 304 g/mol. The number of hydrogen-bond donors (Lipinski definition) is 0. The predicted molar refractivity (Wildman–Crippen MR) is 94.7 cm³/mol. The standard InChI is InChI=1S/C19H24N2O3/c1-4-6-7-24-18-10-16-15(9-17(18)23-3)19(22)21-12-13(5-2)8-14(21)11-20-16/h5,9-11,14H,4,6-8,12H2,1-3H3/b13-5+/t14-/m0/s1. The van der Waals surface area contributed by atoms with Crippen molar-refractivity contribution in [1.29, 1.82) is 0 Å². The molecule has 1 amide bonds. The van der Waals surface area contributed by atoms with Gasteiger partial charge in [0, 0.05) is 18.8 Å². The second-order valence-electron chi connectivity index (χ2n) is 6.15. The number of methoxy groups -OCH3 is 1. The number of ether oxygens (including phenoxy) is 2. The summed E-state index contributed by atoms with van der Waals surface area (Å²) in [6.07, 6.45) is 6.86. The van der Waals surface area contributed by atoms with Crippen LogP contribution in [0.3, 0.4) is 0 Å². The third kappa shape index (κ3) is 3.03. The minimum Gasteiger partial charge on any atom is -0.493 e. The molecule has 0 saturated carbocycles. The van der Waals surface area contributed by atoms with Crippen molar-refractivity contribution >= 4 is 17.8 Å². The molecule has 2 aliphatic rings. The molecule has 1 fully saturated rings. The van der Waals surface area contributed by atoms with E-state index in [-0.39, 0.29) is 11.9 Å². The molecule has 1 aromatic carbocycles. The molecule has 128 valence electrons. The molecule has 0 aromatic heterocycles. The van der Waals surface area contributed by atoms with E-state index >= 15 is 0 Å². The van der Waals surface area contributed by atoms with Crippen LogP contribution in [-0.4, -0.2) is 43.3 Å². The number of allylic oxidation sites excluding steroid dienone is 1. The Kier molecular flexibility index (Phi) is 4.88. The average Bonchev–Trinajstić information content (AvgIpc) is 2.98. The molecule has 0 spiro atoms. The molecule has 1 aromatic rings. The Labute approximate surface area is 143 Å². The summed E-state index contributed by atoms with van der Waals surface area (Å²) in [5, 5.41) is 0. The Morgan fingerprint density at radius 3 is 2.92 bits per heavy atom. The van der Waals surface area contributed by atoms with E-state index in [9.17, 15) is 4.79 Å². The van der Waals surface area contributed by atoms with Crippen molar-refractivity contribution in [1.82, 2.24) is 4.90 Å². The van der Waals surface area contributed by atoms with Crippen LogP contribution in [0.4, 0.5) is 5.69 Å². The lowest BCUT2D eigenvalue weighted by molar-refractivity contribution is 0.0777. The van der Waals surface area contributed by atoms with Crippen LogP contribution in [0.2, 0.25) is 0 Å². The zero-order valence-corrected chi connectivity index (χ0v) is 14.5. The molecule has 2 heterocycles. The summed E-state index contributed by atoms with van der Waals surface area (Å²) in [5.41, 5.74) is 2.50. The Morgan fingerprint density at radius 1 is 1.38 bits per heavy atom. The van der Waals surface area contributed by atoms with Crippen LogP contribution in [0.25, 0.3) is 0 Å². The Hall–Kier alpha value is -2.30. The lowest BCUT2D eigenvalue weighted by Gasteiger charge is -2.20. The lowest BCUT2D eigenvalue weighted by atomic mass is 10.1. The number of aliphatic imine (C=N–C) groups is 1. The Bertz CT molecular complexity index is 694. The fourth-order valence-corrected chi connectivity index (χ4v) is 3.09. The lowest BCUT2D eigenvalue weighted by Crippen LogP contribution is -2.35. The molecule has 0 N–H and O–H groups in total. The van der Waals surface area contributed by atoms with Crippen molar-refractivity contribution in [3.05, 3.63) is 29.3 Å². The van der Waals surface area contributed by atoms with Gasteiger partial charge in [-0.05, 0) is 25.8 Å². The van der Waals surface area contributed by atoms with Gasteiger partial charge in [-0.15, -0.1) is 0 Å². The van der Waals surface area contributed by atoms with Gasteiger partial charge in [-0.1, -0.05) is 25.0 Å². The van der Waals surface area contributed by atoms with E-state index in [0.29, 0.717) is 35.9 Å². The second-order valence-corrected chi connectivity index (χ2v) is 6.15. The summed E-state index contributed by atoms with van der Waals surface area (Å²) in [4.78, 5) is 19.4. The maximum Gasteiger partial charge on any atom is 0.257 e. The molecule has 2 aliphatic heterocycles. The van der Waals surface area contributed by atoms with Crippen LogP contribution in [-0.2, 0) is 0 Å². The van der Waals surface area contributed by atoms with Gasteiger partial charge < -0.3 is 14.4 Å². The van der Waals surface area contributed by atoms with Crippen LogP contribution in [0.15, 0.2) is 28.8 Å². The van der Waals surface area contributed by atoms with Gasteiger partial charge in [0.1, 0.15) is 0 Å². The third-order valence-electron chi connectivity index (χ3n) is 4.57. The molecular formula is C19H24N2O3. The first-order valence-corrected chi connectivity index (χ1v) is 8.52. The van der Waals surface area contributed by atoms with Gasteiger partial charge >= 0.3 is 0 Å². The molecule has 0 aliphatic carbocycles. The van der Waals surface area contributed by atoms with Gasteiger partial charge in [0.05, 0.1) is 31.0 Å². The molecule has 5 nitrogen and oxygen atoms in total. The summed E-state index contributed by atoms with van der Waals surface area (Å²) in [6, 6.07) is 3.61. The van der Waals surface area contributed by atoms with Crippen molar-refractivity contribution < 1.29 is 14.3 Å². The topological polar surface area (TPSA) is 51.1 Å². The van der Waals surface area contributed by atoms with Crippen molar-refractivity contribution in [3.8, 4) is 11.5 Å². The first kappa shape index (κ1) is 16.6. The van der Waals surface area contributed by atoms with Crippen molar-refractivity contribution in [2.75, 3.05) is 20.3 Å². The van der Waals surface area contributed by atoms with E-state index in [1.165, 1.54) is 5.57 Å². The fourth-order valence-electron chi connectivity index (χ4n) is 3.09. The quantitative estimate of drug-likeness (QED) is 0.611. The molecule has 5 heteroatoms. The van der Waals surface area contributed by atoms with Crippen LogP contribution >= 0.6 is 0 Å². The number of benzene rings is 1. The smallest absolute Gasteiger partial charge is 0.257 e. The number of hydrogen-bond acceptors (Lipinski definition) is 4. The number of nitrogens with zero attached hydrogens (tertiary/aromatic N) is 2. The number of rotatable bonds is 5. The van der Waals surface area contributed by atoms with E-state index in [2.05, 4.69) is 18.0 Å². The van der Waals surface area contributed by atoms with Gasteiger partial charge in [-0.25, -0.2) is 0 Å². The number of amides is 1. The monoisotopic (exact) mass is 328 g/mol. The van der Waals surface area contributed by atoms with E-state index in [4.69, 9.17) is 9.47 Å². The molecule has 0 radical (unpaired) electrons. The number of carbonyl (C=O) groups excluding carboxylic acids is 1. The molecule has 24 heavy (non-hydrogen) atoms. The van der Waals surface area contributed by atoms with Crippen LogP contribution < -0.4 is 9.47 Å². The van der Waals surface area contributed by atoms with Crippen LogP contribution in [0.5, 0.6) is 11.5 Å². The second kappa shape index (κ2) is 7.07. The van der Waals surface area contributed by atoms with Gasteiger partial charge in [0.25, 0.3) is 5.91 Å². The van der Waals surface area contributed by atoms with Gasteiger partial charge in [-0.2, -0.15) is 0 Å². The Balaban J connectivity index is 1.94. The number of unbranched alkanes of at least 4 members (excludes halogenated alkanes) is 1. The summed E-state index contributed by atoms with van der Waals surface area (Å²) >= 11 is 0. The van der Waals surface area contributed by atoms with E-state index in [1.54, 1.807) is 13.2 Å². The third-order valence-corrected chi connectivity index (χ3v) is 4.57. The Morgan fingerprint density at radius 2 is 2.21 bits per heavy atom. The summed E-state index contributed by atoms with van der Waals surface area (Å²) in [5.74, 6) is 1.23. The van der Waals surface area contributed by atoms with Crippen LogP contribution in [0.1, 0.15) is 43.5 Å². The first-order valence-electron chi connectivity index (χ1n) is 8.52. The summed E-state index contributed by atoms with van der Waals surface area (Å²) < 4.78 is 11.2. The maximum atomic E-state index is 12.9. The van der Waals surface area contributed by atoms with E-state index < -0.39 is 0 Å². The van der Waals surface area contributed by atoms with Crippen molar-refractivity contribution in [2.24, 2.45) is 4.99 Å². The maximum absolute atomic E-state index is 12.9. The van der Waals surface area contributed by atoms with E-state index in [1.807, 2.05) is 24.1 Å². The van der Waals surface area contributed by atoms with E-state index in [0.717, 1.165) is 19.3 Å². The molecule has 1 atom stereocenters. The van der Waals surface area contributed by atoms with Crippen molar-refractivity contribution in [3.63, 3.8) is 0 Å². The summed E-state index contributed by atoms with van der Waals surface area (Å²) in [6.45, 7) is 5.43. The zero-order chi connectivity index (χ0) is 17.1. The minimum absolute atomic E-state index is 0.00255. The average molecular weight is 328 g/mol. The van der Waals surface area contributed by atoms with Gasteiger partial charge in [0.15, 0.2) is 11.5 Å². The normalized spacial score (nSPS) is 20.8. The molecule has 1 saturated heterocycles. The highest BCUT2D eigenvalue weighted by Gasteiger charge is 2.34. The first-order chi connectivity index (χ1) is 11.7. The largest absolute Gasteiger partial charge is 0.493 e. The predicted octanol–water partition coefficient (Wildman–Crippen LogP) is 3.75. The molecule has 3 rings (SSSR count). The van der Waals surface area contributed by atoms with Gasteiger partial charge in [-0.3, -0.25) is 9.79 Å². The summed E-state index contributed by atoms with van der Waals surface area (Å²) in [7, 11) is 1.59. The molecule has 0 unspecified atom stereocenters. The van der Waals surface area contributed by atoms with Gasteiger partial charge in [0.2, 0.25) is 0 Å². The van der Waals surface area contributed by atoms with Crippen molar-refractivity contribution in [2.45, 2.75) is 39.2 Å². The number of carbonyl (C=O) groups is 1. The molecule has 0 bridgehead atoms. The zero-order valence-electron chi connectivity index (χ0n) is 14.5. The highest BCUT2D eigenvalue weighted by Crippen LogP contribution is 2.38. The van der Waals surface area contributed by atoms with Crippen LogP contribution in [0, 0.1) is 0 Å². The fraction of sp³-hybridized carbons (Fsp3) is 0.474. The highest BCUT2D eigenvalue weighted by molar-refractivity contribution is 6.03. The number of fused-ring (bicyclic) bond motifs is 2. The SMILES string of the molecule is C/C=C1\C[C@H]2C=Nc3cc(OCCCC)c(OC)cc3C(=O)N2C1. The highest BCUT2D eigenvalue weighted by atomic mass is 16.5. The minimum atomic E-state index is 0.00255.